The summed E-state index contributed by atoms with van der Waals surface area (Å²) < 4.78 is 23.9. The molecule has 34 heavy (non-hydrogen) atoms. The van der Waals surface area contributed by atoms with Crippen LogP contribution in [0, 0.1) is 0 Å². The minimum absolute atomic E-state index is 0.125. The molecule has 3 heterocycles. The molecule has 174 valence electrons. The molecule has 2 amide bonds. The van der Waals surface area contributed by atoms with Gasteiger partial charge in [0.05, 0.1) is 29.8 Å². The summed E-state index contributed by atoms with van der Waals surface area (Å²) in [7, 11) is -3.49. The number of nitrogens with zero attached hydrogens (tertiary/aromatic N) is 4. The van der Waals surface area contributed by atoms with Crippen LogP contribution in [0.3, 0.4) is 0 Å². The number of halogens is 1. The minimum Gasteiger partial charge on any atom is -0.343 e. The first-order valence-corrected chi connectivity index (χ1v) is 12.8. The maximum atomic E-state index is 12.2. The summed E-state index contributed by atoms with van der Waals surface area (Å²) in [6, 6.07) is 10.7. The van der Waals surface area contributed by atoms with E-state index < -0.39 is 21.8 Å². The van der Waals surface area contributed by atoms with Crippen LogP contribution in [0.15, 0.2) is 60.4 Å². The number of amides is 2. The molecular formula is C21H17ClN6O4S2. The second-order valence-corrected chi connectivity index (χ2v) is 10.1. The van der Waals surface area contributed by atoms with Gasteiger partial charge in [-0.25, -0.2) is 23.4 Å². The van der Waals surface area contributed by atoms with Gasteiger partial charge in [-0.15, -0.1) is 11.3 Å². The molecule has 0 aliphatic carbocycles. The quantitative estimate of drug-likeness (QED) is 0.360. The highest BCUT2D eigenvalue weighted by Gasteiger charge is 2.14. The van der Waals surface area contributed by atoms with Gasteiger partial charge in [0.25, 0.3) is 5.91 Å². The van der Waals surface area contributed by atoms with Crippen molar-refractivity contribution in [3.05, 3.63) is 71.2 Å². The first-order valence-electron chi connectivity index (χ1n) is 9.70. The van der Waals surface area contributed by atoms with Crippen molar-refractivity contribution in [2.75, 3.05) is 18.1 Å². The summed E-state index contributed by atoms with van der Waals surface area (Å²) in [5.74, 6) is -1.04. The first kappa shape index (κ1) is 23.5. The molecule has 2 N–H and O–H groups in total. The Morgan fingerprint density at radius 1 is 1.12 bits per heavy atom. The average Bonchev–Trinajstić information content (AvgIpc) is 3.48. The van der Waals surface area contributed by atoms with Gasteiger partial charge in [0.1, 0.15) is 0 Å². The van der Waals surface area contributed by atoms with Gasteiger partial charge in [-0.2, -0.15) is 0 Å². The van der Waals surface area contributed by atoms with Crippen molar-refractivity contribution in [3.63, 3.8) is 0 Å². The molecule has 4 aromatic rings. The minimum atomic E-state index is -3.49. The van der Waals surface area contributed by atoms with E-state index in [1.54, 1.807) is 17.6 Å². The van der Waals surface area contributed by atoms with Gasteiger partial charge in [-0.3, -0.25) is 13.6 Å². The van der Waals surface area contributed by atoms with E-state index in [4.69, 9.17) is 11.6 Å². The third-order valence-electron chi connectivity index (χ3n) is 4.55. The van der Waals surface area contributed by atoms with Crippen LogP contribution in [0.4, 0.5) is 5.13 Å². The highest BCUT2D eigenvalue weighted by Crippen LogP contribution is 2.28. The van der Waals surface area contributed by atoms with E-state index in [-0.39, 0.29) is 17.4 Å². The van der Waals surface area contributed by atoms with Crippen molar-refractivity contribution in [3.8, 4) is 22.5 Å². The lowest BCUT2D eigenvalue weighted by Crippen LogP contribution is -2.32. The molecule has 4 rings (SSSR count). The number of thiazole rings is 1. The Labute approximate surface area is 203 Å². The molecule has 0 spiro atoms. The smallest absolute Gasteiger partial charge is 0.253 e. The van der Waals surface area contributed by atoms with Gasteiger partial charge in [-0.05, 0) is 29.8 Å². The van der Waals surface area contributed by atoms with Crippen LogP contribution in [-0.2, 0) is 14.8 Å². The lowest BCUT2D eigenvalue weighted by atomic mass is 10.1. The zero-order chi connectivity index (χ0) is 24.3. The van der Waals surface area contributed by atoms with Crippen LogP contribution in [0.25, 0.3) is 22.5 Å². The molecule has 13 heteroatoms. The zero-order valence-corrected chi connectivity index (χ0v) is 20.0. The van der Waals surface area contributed by atoms with E-state index in [9.17, 15) is 18.0 Å². The summed E-state index contributed by atoms with van der Waals surface area (Å²) in [6.45, 7) is -0.304. The SMILES string of the molecule is CS(=O)(=O)n1ccc(C(=O)NCC(=O)Nc2nc(-c3cccc(-c4ccnc(Cl)n4)c3)cs2)c1. The summed E-state index contributed by atoms with van der Waals surface area (Å²) >= 11 is 7.12. The maximum Gasteiger partial charge on any atom is 0.253 e. The average molecular weight is 517 g/mol. The highest BCUT2D eigenvalue weighted by atomic mass is 35.5. The summed E-state index contributed by atoms with van der Waals surface area (Å²) in [4.78, 5) is 36.9. The summed E-state index contributed by atoms with van der Waals surface area (Å²) in [5.41, 5.74) is 3.13. The lowest BCUT2D eigenvalue weighted by molar-refractivity contribution is -0.115. The van der Waals surface area contributed by atoms with Crippen molar-refractivity contribution >= 4 is 49.9 Å². The number of aromatic nitrogens is 4. The van der Waals surface area contributed by atoms with Crippen LogP contribution in [0.5, 0.6) is 0 Å². The molecule has 0 radical (unpaired) electrons. The molecule has 0 saturated carbocycles. The molecule has 10 nitrogen and oxygen atoms in total. The number of hydrogen-bond donors (Lipinski definition) is 2. The number of benzene rings is 1. The number of rotatable bonds is 7. The van der Waals surface area contributed by atoms with E-state index in [0.717, 1.165) is 21.4 Å². The summed E-state index contributed by atoms with van der Waals surface area (Å²) in [5, 5.41) is 7.41. The van der Waals surface area contributed by atoms with Gasteiger partial charge in [-0.1, -0.05) is 18.2 Å². The highest BCUT2D eigenvalue weighted by molar-refractivity contribution is 7.89. The van der Waals surface area contributed by atoms with Gasteiger partial charge < -0.3 is 10.6 Å². The maximum absolute atomic E-state index is 12.2. The predicted octanol–water partition coefficient (Wildman–Crippen LogP) is 2.90. The van der Waals surface area contributed by atoms with Gasteiger partial charge in [0.2, 0.25) is 21.2 Å². The number of nitrogens with one attached hydrogen (secondary N) is 2. The van der Waals surface area contributed by atoms with Crippen molar-refractivity contribution in [2.24, 2.45) is 0 Å². The molecule has 0 bridgehead atoms. The standard InChI is InChI=1S/C21H17ClN6O4S2/c1-34(31,32)28-8-6-15(11-28)19(30)24-10-18(29)27-21-26-17(12-33-21)14-4-2-3-13(9-14)16-5-7-23-20(22)25-16/h2-9,11-12H,10H2,1H3,(H,24,30)(H,26,27,29). The van der Waals surface area contributed by atoms with Crippen LogP contribution >= 0.6 is 22.9 Å². The molecule has 1 aromatic carbocycles. The molecule has 0 fully saturated rings. The molecular weight excluding hydrogens is 500 g/mol. The van der Waals surface area contributed by atoms with Crippen molar-refractivity contribution < 1.29 is 18.0 Å². The monoisotopic (exact) mass is 516 g/mol. The summed E-state index contributed by atoms with van der Waals surface area (Å²) in [6.07, 6.45) is 5.04. The largest absolute Gasteiger partial charge is 0.343 e. The van der Waals surface area contributed by atoms with E-state index >= 15 is 0 Å². The van der Waals surface area contributed by atoms with Crippen molar-refractivity contribution in [1.82, 2.24) is 24.2 Å². The van der Waals surface area contributed by atoms with Crippen LogP contribution in [-0.4, -0.2) is 52.0 Å². The van der Waals surface area contributed by atoms with Gasteiger partial charge in [0, 0.05) is 35.1 Å². The van der Waals surface area contributed by atoms with Crippen molar-refractivity contribution in [1.29, 1.82) is 0 Å². The topological polar surface area (TPSA) is 136 Å². The second kappa shape index (κ2) is 9.71. The van der Waals surface area contributed by atoms with Gasteiger partial charge >= 0.3 is 0 Å². The van der Waals surface area contributed by atoms with Crippen LogP contribution in [0.2, 0.25) is 5.28 Å². The molecule has 0 aliphatic heterocycles. The normalized spacial score (nSPS) is 11.2. The Bertz CT molecular complexity index is 1480. The fraction of sp³-hybridized carbons (Fsp3) is 0.0952. The first-order chi connectivity index (χ1) is 16.2. The molecule has 3 aromatic heterocycles. The number of carbonyl (C=O) groups is 2. The molecule has 0 saturated heterocycles. The Kier molecular flexibility index (Phi) is 6.72. The number of hydrogen-bond acceptors (Lipinski definition) is 8. The van der Waals surface area contributed by atoms with Gasteiger partial charge in [0.15, 0.2) is 5.13 Å². The Morgan fingerprint density at radius 2 is 1.88 bits per heavy atom. The number of anilines is 1. The Balaban J connectivity index is 1.37. The third-order valence-corrected chi connectivity index (χ3v) is 6.49. The van der Waals surface area contributed by atoms with E-state index in [0.29, 0.717) is 16.5 Å². The van der Waals surface area contributed by atoms with E-state index in [2.05, 4.69) is 25.6 Å². The van der Waals surface area contributed by atoms with E-state index in [1.165, 1.54) is 29.8 Å². The fourth-order valence-corrected chi connectivity index (χ4v) is 4.41. The molecule has 0 atom stereocenters. The number of carbonyl (C=O) groups excluding carboxylic acids is 2. The predicted molar refractivity (Wildman–Crippen MR) is 129 cm³/mol. The zero-order valence-electron chi connectivity index (χ0n) is 17.6. The molecule has 0 aliphatic rings. The molecule has 0 unspecified atom stereocenters. The Hall–Kier alpha value is -3.61. The fourth-order valence-electron chi connectivity index (χ4n) is 2.94. The van der Waals surface area contributed by atoms with E-state index in [1.807, 2.05) is 24.3 Å². The lowest BCUT2D eigenvalue weighted by Gasteiger charge is -2.04. The van der Waals surface area contributed by atoms with Crippen LogP contribution < -0.4 is 10.6 Å². The Morgan fingerprint density at radius 3 is 2.59 bits per heavy atom. The van der Waals surface area contributed by atoms with Crippen molar-refractivity contribution in [2.45, 2.75) is 0 Å². The second-order valence-electron chi connectivity index (χ2n) is 7.05. The van der Waals surface area contributed by atoms with Crippen LogP contribution in [0.1, 0.15) is 10.4 Å². The third kappa shape index (κ3) is 5.65.